The highest BCUT2D eigenvalue weighted by Gasteiger charge is 2.59. The molecular formula is C32H46O6. The van der Waals surface area contributed by atoms with E-state index in [9.17, 15) is 24.6 Å². The Bertz CT molecular complexity index is 1110. The molecule has 3 aliphatic rings. The number of carboxylic acids is 1. The van der Waals surface area contributed by atoms with Crippen LogP contribution in [0.25, 0.3) is 0 Å². The molecule has 0 aromatic heterocycles. The molecule has 1 heterocycles. The Hall–Kier alpha value is -2.63. The standard InChI is InChI=1S/C32H46O6/c1-10-11-21(14-24(33)34)25-28-26(27(35)19(6)20(7)38-28)30(37)32(29(25)36,13-12-17(2)3)16-22-15-23(18(4)5)31(22,8)9/h12,19-23,36H,4,10-11,13-16H2,1-3,5-9H3,(H,33,34)/t19-,20-,21+,22-,23+,32+/m1/s1. The molecule has 38 heavy (non-hydrogen) atoms. The second-order valence-electron chi connectivity index (χ2n) is 12.8. The van der Waals surface area contributed by atoms with Gasteiger partial charge in [-0.1, -0.05) is 57.9 Å². The minimum atomic E-state index is -1.35. The Kier molecular flexibility index (Phi) is 8.55. The van der Waals surface area contributed by atoms with Crippen molar-refractivity contribution in [3.63, 3.8) is 0 Å². The molecule has 0 unspecified atom stereocenters. The first-order chi connectivity index (χ1) is 17.6. The van der Waals surface area contributed by atoms with Gasteiger partial charge in [-0.25, -0.2) is 0 Å². The van der Waals surface area contributed by atoms with Gasteiger partial charge in [0.05, 0.1) is 17.8 Å². The topological polar surface area (TPSA) is 101 Å². The van der Waals surface area contributed by atoms with Crippen molar-refractivity contribution in [1.82, 2.24) is 0 Å². The van der Waals surface area contributed by atoms with Crippen LogP contribution in [0.4, 0.5) is 0 Å². The lowest BCUT2D eigenvalue weighted by atomic mass is 9.48. The molecule has 0 saturated heterocycles. The zero-order valence-corrected chi connectivity index (χ0v) is 24.4. The molecule has 0 amide bonds. The van der Waals surface area contributed by atoms with Crippen LogP contribution < -0.4 is 0 Å². The minimum Gasteiger partial charge on any atom is -0.511 e. The SMILES string of the molecule is C=C(C)[C@@H]1C[C@H](C[C@]2(CC=C(C)C)C(=O)C3=C(O[C@H](C)[C@@H](C)C3=O)C([C@@H](CCC)CC(=O)O)=C2O)C1(C)C. The number of ketones is 2. The highest BCUT2D eigenvalue weighted by molar-refractivity contribution is 6.25. The summed E-state index contributed by atoms with van der Waals surface area (Å²) >= 11 is 0. The molecule has 210 valence electrons. The van der Waals surface area contributed by atoms with Gasteiger partial charge < -0.3 is 14.9 Å². The fourth-order valence-corrected chi connectivity index (χ4v) is 6.77. The maximum Gasteiger partial charge on any atom is 0.303 e. The fraction of sp³-hybridized carbons (Fsp3) is 0.656. The lowest BCUT2D eigenvalue weighted by Gasteiger charge is -2.56. The molecule has 6 heteroatoms. The van der Waals surface area contributed by atoms with Gasteiger partial charge in [-0.15, -0.1) is 0 Å². The van der Waals surface area contributed by atoms with Gasteiger partial charge in [-0.2, -0.15) is 0 Å². The molecule has 0 radical (unpaired) electrons. The molecule has 1 saturated carbocycles. The summed E-state index contributed by atoms with van der Waals surface area (Å²) in [7, 11) is 0. The summed E-state index contributed by atoms with van der Waals surface area (Å²) in [5.41, 5.74) is 0.975. The highest BCUT2D eigenvalue weighted by atomic mass is 16.5. The van der Waals surface area contributed by atoms with Crippen molar-refractivity contribution in [2.75, 3.05) is 0 Å². The number of ether oxygens (including phenoxy) is 1. The predicted molar refractivity (Wildman–Crippen MR) is 148 cm³/mol. The van der Waals surface area contributed by atoms with Gasteiger partial charge in [0.15, 0.2) is 11.6 Å². The quantitative estimate of drug-likeness (QED) is 0.232. The molecule has 1 aliphatic heterocycles. The van der Waals surface area contributed by atoms with Crippen molar-refractivity contribution >= 4 is 17.5 Å². The monoisotopic (exact) mass is 526 g/mol. The van der Waals surface area contributed by atoms with Crippen LogP contribution in [-0.2, 0) is 19.1 Å². The van der Waals surface area contributed by atoms with Gasteiger partial charge in [-0.3, -0.25) is 14.4 Å². The van der Waals surface area contributed by atoms with Crippen molar-refractivity contribution in [2.24, 2.45) is 34.5 Å². The average molecular weight is 527 g/mol. The summed E-state index contributed by atoms with van der Waals surface area (Å²) in [6.07, 6.45) is 3.89. The normalized spacial score (nSPS) is 31.3. The van der Waals surface area contributed by atoms with Gasteiger partial charge in [0.2, 0.25) is 0 Å². The smallest absolute Gasteiger partial charge is 0.303 e. The summed E-state index contributed by atoms with van der Waals surface area (Å²) in [5, 5.41) is 21.9. The number of aliphatic hydroxyl groups excluding tert-OH is 1. The van der Waals surface area contributed by atoms with Crippen molar-refractivity contribution in [3.8, 4) is 0 Å². The summed E-state index contributed by atoms with van der Waals surface area (Å²) < 4.78 is 6.19. The Balaban J connectivity index is 2.29. The number of allylic oxidation sites excluding steroid dienone is 6. The van der Waals surface area contributed by atoms with Gasteiger partial charge >= 0.3 is 5.97 Å². The average Bonchev–Trinajstić information content (AvgIpc) is 2.80. The number of carboxylic acid groups (broad SMARTS) is 1. The van der Waals surface area contributed by atoms with Crippen LogP contribution in [0.1, 0.15) is 93.9 Å². The molecule has 6 nitrogen and oxygen atoms in total. The second-order valence-corrected chi connectivity index (χ2v) is 12.8. The van der Waals surface area contributed by atoms with Crippen LogP contribution >= 0.6 is 0 Å². The highest BCUT2D eigenvalue weighted by Crippen LogP contribution is 2.61. The van der Waals surface area contributed by atoms with Crippen LogP contribution in [-0.4, -0.2) is 33.9 Å². The van der Waals surface area contributed by atoms with Crippen LogP contribution in [0.2, 0.25) is 0 Å². The number of Topliss-reactive ketones (excluding diaryl/α,β-unsaturated/α-hetero) is 2. The summed E-state index contributed by atoms with van der Waals surface area (Å²) in [5.74, 6) is -2.35. The largest absolute Gasteiger partial charge is 0.511 e. The molecule has 0 bridgehead atoms. The van der Waals surface area contributed by atoms with E-state index in [1.165, 1.54) is 0 Å². The van der Waals surface area contributed by atoms with Gasteiger partial charge in [0.1, 0.15) is 23.2 Å². The number of rotatable bonds is 10. The fourth-order valence-electron chi connectivity index (χ4n) is 6.77. The lowest BCUT2D eigenvalue weighted by Crippen LogP contribution is -2.52. The summed E-state index contributed by atoms with van der Waals surface area (Å²) in [4.78, 5) is 40.1. The first kappa shape index (κ1) is 29.9. The molecule has 0 spiro atoms. The molecule has 0 aromatic carbocycles. The lowest BCUT2D eigenvalue weighted by molar-refractivity contribution is -0.137. The second kappa shape index (κ2) is 10.9. The molecule has 0 aromatic rings. The number of hydrogen-bond donors (Lipinski definition) is 2. The Morgan fingerprint density at radius 1 is 1.21 bits per heavy atom. The molecule has 6 atom stereocenters. The van der Waals surface area contributed by atoms with Crippen LogP contribution in [0.3, 0.4) is 0 Å². The van der Waals surface area contributed by atoms with E-state index in [1.54, 1.807) is 13.8 Å². The molecule has 2 aliphatic carbocycles. The number of aliphatic hydroxyl groups is 1. The van der Waals surface area contributed by atoms with Crippen LogP contribution in [0.15, 0.2) is 46.5 Å². The van der Waals surface area contributed by atoms with Gasteiger partial charge in [0.25, 0.3) is 0 Å². The summed E-state index contributed by atoms with van der Waals surface area (Å²) in [6, 6.07) is 0. The number of hydrogen-bond acceptors (Lipinski definition) is 5. The van der Waals surface area contributed by atoms with E-state index in [0.29, 0.717) is 30.8 Å². The van der Waals surface area contributed by atoms with E-state index in [1.807, 2.05) is 33.8 Å². The van der Waals surface area contributed by atoms with Crippen molar-refractivity contribution in [3.05, 3.63) is 46.5 Å². The van der Waals surface area contributed by atoms with E-state index < -0.39 is 35.1 Å². The predicted octanol–water partition coefficient (Wildman–Crippen LogP) is 7.12. The minimum absolute atomic E-state index is 0.00521. The van der Waals surface area contributed by atoms with E-state index in [4.69, 9.17) is 4.74 Å². The number of carbonyl (C=O) groups is 3. The maximum absolute atomic E-state index is 14.5. The Morgan fingerprint density at radius 3 is 2.34 bits per heavy atom. The zero-order chi connectivity index (χ0) is 28.7. The van der Waals surface area contributed by atoms with Gasteiger partial charge in [0, 0.05) is 11.5 Å². The molecule has 1 fully saturated rings. The third-order valence-electron chi connectivity index (χ3n) is 9.50. The number of aliphatic carboxylic acids is 1. The Labute approximate surface area is 227 Å². The van der Waals surface area contributed by atoms with Crippen molar-refractivity contribution < 1.29 is 29.3 Å². The van der Waals surface area contributed by atoms with Crippen molar-refractivity contribution in [1.29, 1.82) is 0 Å². The van der Waals surface area contributed by atoms with Crippen molar-refractivity contribution in [2.45, 2.75) is 100 Å². The molecule has 3 rings (SSSR count). The number of carbonyl (C=O) groups excluding carboxylic acids is 2. The maximum atomic E-state index is 14.5. The van der Waals surface area contributed by atoms with Crippen LogP contribution in [0, 0.1) is 34.5 Å². The summed E-state index contributed by atoms with van der Waals surface area (Å²) in [6.45, 7) is 19.9. The van der Waals surface area contributed by atoms with E-state index >= 15 is 0 Å². The third kappa shape index (κ3) is 5.03. The zero-order valence-electron chi connectivity index (χ0n) is 24.4. The first-order valence-electron chi connectivity index (χ1n) is 14.0. The third-order valence-corrected chi connectivity index (χ3v) is 9.50. The Morgan fingerprint density at radius 2 is 1.84 bits per heavy atom. The first-order valence-corrected chi connectivity index (χ1v) is 14.0. The van der Waals surface area contributed by atoms with Crippen LogP contribution in [0.5, 0.6) is 0 Å². The van der Waals surface area contributed by atoms with E-state index in [2.05, 4.69) is 20.4 Å². The molecular weight excluding hydrogens is 480 g/mol. The van der Waals surface area contributed by atoms with Gasteiger partial charge in [-0.05, 0) is 70.6 Å². The molecule has 2 N–H and O–H groups in total. The van der Waals surface area contributed by atoms with E-state index in [0.717, 1.165) is 17.6 Å². The van der Waals surface area contributed by atoms with E-state index in [-0.39, 0.29) is 47.0 Å².